The van der Waals surface area contributed by atoms with Gasteiger partial charge in [0.05, 0.1) is 35.5 Å². The molecule has 1 unspecified atom stereocenters. The van der Waals surface area contributed by atoms with Crippen LogP contribution in [0.5, 0.6) is 23.0 Å². The van der Waals surface area contributed by atoms with Crippen molar-refractivity contribution in [2.24, 2.45) is 0 Å². The lowest BCUT2D eigenvalue weighted by atomic mass is 9.96. The lowest BCUT2D eigenvalue weighted by molar-refractivity contribution is -0.119. The molecular formula is C37H49O5P. The molecule has 0 spiro atoms. The second kappa shape index (κ2) is 13.7. The molecule has 1 aliphatic heterocycles. The van der Waals surface area contributed by atoms with Crippen molar-refractivity contribution in [3.05, 3.63) is 54.6 Å². The summed E-state index contributed by atoms with van der Waals surface area (Å²) >= 11 is 0. The molecule has 0 saturated carbocycles. The van der Waals surface area contributed by atoms with Crippen LogP contribution in [0.25, 0.3) is 22.3 Å². The van der Waals surface area contributed by atoms with Gasteiger partial charge in [-0.1, -0.05) is 52.1 Å². The first-order valence-electron chi connectivity index (χ1n) is 15.6. The van der Waals surface area contributed by atoms with Gasteiger partial charge in [-0.3, -0.25) is 4.79 Å². The van der Waals surface area contributed by atoms with Gasteiger partial charge in [0, 0.05) is 12.8 Å². The molecule has 232 valence electrons. The van der Waals surface area contributed by atoms with E-state index in [1.807, 2.05) is 91.8 Å². The quantitative estimate of drug-likeness (QED) is 0.204. The Balaban J connectivity index is 2.14. The Morgan fingerprint density at radius 3 is 1.28 bits per heavy atom. The predicted molar refractivity (Wildman–Crippen MR) is 180 cm³/mol. The van der Waals surface area contributed by atoms with Crippen molar-refractivity contribution in [3.63, 3.8) is 0 Å². The summed E-state index contributed by atoms with van der Waals surface area (Å²) in [7, 11) is -0.800. The number of carbonyl (C=O) groups excluding carboxylic acids is 1. The Morgan fingerprint density at radius 2 is 0.953 bits per heavy atom. The minimum absolute atomic E-state index is 0.0136. The maximum Gasteiger partial charge on any atom is 0.134 e. The monoisotopic (exact) mass is 604 g/mol. The highest BCUT2D eigenvalue weighted by Gasteiger charge is 2.40. The summed E-state index contributed by atoms with van der Waals surface area (Å²) in [5.74, 6) is 3.49. The van der Waals surface area contributed by atoms with E-state index in [0.29, 0.717) is 18.6 Å². The summed E-state index contributed by atoms with van der Waals surface area (Å²) in [6.45, 7) is 20.9. The molecule has 0 aliphatic carbocycles. The first-order valence-corrected chi connectivity index (χ1v) is 17.2. The van der Waals surface area contributed by atoms with Crippen LogP contribution in [0.4, 0.5) is 0 Å². The van der Waals surface area contributed by atoms with Gasteiger partial charge >= 0.3 is 0 Å². The maximum atomic E-state index is 12.8. The van der Waals surface area contributed by atoms with Crippen molar-refractivity contribution in [1.82, 2.24) is 0 Å². The minimum atomic E-state index is -0.800. The predicted octanol–water partition coefficient (Wildman–Crippen LogP) is 9.42. The molecule has 3 aromatic carbocycles. The van der Waals surface area contributed by atoms with Gasteiger partial charge in [0.25, 0.3) is 0 Å². The van der Waals surface area contributed by atoms with Crippen LogP contribution in [0.15, 0.2) is 54.6 Å². The third kappa shape index (κ3) is 7.73. The van der Waals surface area contributed by atoms with E-state index < -0.39 is 7.92 Å². The number of Topliss-reactive ketones (excluding diaryl/α,β-unsaturated/α-hetero) is 1. The summed E-state index contributed by atoms with van der Waals surface area (Å²) in [6.07, 6.45) is 1.92. The molecule has 0 bridgehead atoms. The molecule has 6 heteroatoms. The number of benzene rings is 3. The summed E-state index contributed by atoms with van der Waals surface area (Å²) in [5, 5.41) is 1.03. The van der Waals surface area contributed by atoms with E-state index in [4.69, 9.17) is 18.9 Å². The standard InChI is InChI=1S/C37H49O5P/c1-23(2)39-30-16-12-17-31(40-24(3)4)34(30)28-14-11-15-29(36(28)43-21-20-27(38)22-37(43,9)10)35-32(41-25(5)6)18-13-19-33(35)42-26(7)8/h11-19,23-26H,20-22H2,1-10H3. The largest absolute Gasteiger partial charge is 0.490 e. The normalized spacial score (nSPS) is 16.7. The van der Waals surface area contributed by atoms with Crippen molar-refractivity contribution in [2.75, 3.05) is 6.16 Å². The smallest absolute Gasteiger partial charge is 0.134 e. The van der Waals surface area contributed by atoms with Gasteiger partial charge in [0.15, 0.2) is 0 Å². The Morgan fingerprint density at radius 1 is 0.605 bits per heavy atom. The highest BCUT2D eigenvalue weighted by Crippen LogP contribution is 2.59. The fourth-order valence-corrected chi connectivity index (χ4v) is 9.05. The molecule has 0 N–H and O–H groups in total. The molecule has 0 aromatic heterocycles. The number of ketones is 1. The second-order valence-electron chi connectivity index (χ2n) is 13.1. The van der Waals surface area contributed by atoms with Crippen LogP contribution in [0.2, 0.25) is 0 Å². The lowest BCUT2D eigenvalue weighted by Crippen LogP contribution is -2.34. The Hall–Kier alpha value is -3.04. The van der Waals surface area contributed by atoms with E-state index in [1.54, 1.807) is 0 Å². The highest BCUT2D eigenvalue weighted by molar-refractivity contribution is 7.68. The van der Waals surface area contributed by atoms with Gasteiger partial charge in [-0.25, -0.2) is 0 Å². The molecule has 1 fully saturated rings. The maximum absolute atomic E-state index is 12.8. The first-order chi connectivity index (χ1) is 20.3. The van der Waals surface area contributed by atoms with Crippen molar-refractivity contribution in [2.45, 2.75) is 112 Å². The Kier molecular flexibility index (Phi) is 10.5. The van der Waals surface area contributed by atoms with Crippen LogP contribution in [0.1, 0.15) is 82.1 Å². The van der Waals surface area contributed by atoms with Crippen molar-refractivity contribution in [3.8, 4) is 45.3 Å². The number of hydrogen-bond donors (Lipinski definition) is 0. The van der Waals surface area contributed by atoms with Crippen molar-refractivity contribution in [1.29, 1.82) is 0 Å². The van der Waals surface area contributed by atoms with E-state index >= 15 is 0 Å². The second-order valence-corrected chi connectivity index (χ2v) is 16.0. The molecule has 4 rings (SSSR count). The van der Waals surface area contributed by atoms with Crippen LogP contribution in [-0.2, 0) is 4.79 Å². The molecule has 0 radical (unpaired) electrons. The van der Waals surface area contributed by atoms with Gasteiger partial charge < -0.3 is 18.9 Å². The Labute approximate surface area is 260 Å². The molecule has 1 aliphatic rings. The van der Waals surface area contributed by atoms with E-state index in [-0.39, 0.29) is 29.6 Å². The third-order valence-corrected chi connectivity index (χ3v) is 10.6. The summed E-state index contributed by atoms with van der Waals surface area (Å²) in [5.41, 5.74) is 4.05. The van der Waals surface area contributed by atoms with Gasteiger partial charge in [0.2, 0.25) is 0 Å². The number of ether oxygens (including phenoxy) is 4. The number of rotatable bonds is 11. The number of carbonyl (C=O) groups is 1. The van der Waals surface area contributed by atoms with E-state index in [2.05, 4.69) is 32.0 Å². The first kappa shape index (κ1) is 32.9. The topological polar surface area (TPSA) is 54.0 Å². The van der Waals surface area contributed by atoms with Crippen LogP contribution >= 0.6 is 7.92 Å². The zero-order valence-electron chi connectivity index (χ0n) is 27.6. The summed E-state index contributed by atoms with van der Waals surface area (Å²) < 4.78 is 25.8. The fraction of sp³-hybridized carbons (Fsp3) is 0.486. The molecule has 5 nitrogen and oxygen atoms in total. The minimum Gasteiger partial charge on any atom is -0.490 e. The fourth-order valence-electron chi connectivity index (χ4n) is 5.82. The molecule has 1 saturated heterocycles. The van der Waals surface area contributed by atoms with Gasteiger partial charge in [-0.2, -0.15) is 0 Å². The zero-order valence-corrected chi connectivity index (χ0v) is 28.5. The van der Waals surface area contributed by atoms with Crippen LogP contribution in [0.3, 0.4) is 0 Å². The average molecular weight is 605 g/mol. The average Bonchev–Trinajstić information content (AvgIpc) is 2.87. The Bertz CT molecular complexity index is 1280. The van der Waals surface area contributed by atoms with Crippen LogP contribution in [0, 0.1) is 0 Å². The zero-order chi connectivity index (χ0) is 31.5. The van der Waals surface area contributed by atoms with Crippen LogP contribution < -0.4 is 24.3 Å². The molecule has 43 heavy (non-hydrogen) atoms. The van der Waals surface area contributed by atoms with E-state index in [9.17, 15) is 4.79 Å². The lowest BCUT2D eigenvalue weighted by Gasteiger charge is -2.41. The molecular weight excluding hydrogens is 555 g/mol. The third-order valence-electron chi connectivity index (χ3n) is 7.25. The van der Waals surface area contributed by atoms with Crippen molar-refractivity contribution < 1.29 is 23.7 Å². The summed E-state index contributed by atoms with van der Waals surface area (Å²) in [6, 6.07) is 18.6. The van der Waals surface area contributed by atoms with E-state index in [1.165, 1.54) is 5.30 Å². The van der Waals surface area contributed by atoms with Crippen LogP contribution in [-0.4, -0.2) is 41.5 Å². The van der Waals surface area contributed by atoms with Gasteiger partial charge in [-0.05, 0) is 107 Å². The van der Waals surface area contributed by atoms with E-state index in [0.717, 1.165) is 51.4 Å². The van der Waals surface area contributed by atoms with Crippen molar-refractivity contribution >= 4 is 19.0 Å². The van der Waals surface area contributed by atoms with Gasteiger partial charge in [0.1, 0.15) is 28.8 Å². The molecule has 3 aromatic rings. The molecule has 1 heterocycles. The number of hydrogen-bond acceptors (Lipinski definition) is 5. The SMILES string of the molecule is CC(C)Oc1cccc(OC(C)C)c1-c1cccc(-c2c(OC(C)C)cccc2OC(C)C)c1P1CCC(=O)CC1(C)C. The van der Waals surface area contributed by atoms with Gasteiger partial charge in [-0.15, -0.1) is 0 Å². The molecule has 1 atom stereocenters. The molecule has 0 amide bonds. The summed E-state index contributed by atoms with van der Waals surface area (Å²) in [4.78, 5) is 12.8. The highest BCUT2D eigenvalue weighted by atomic mass is 31.1.